The summed E-state index contributed by atoms with van der Waals surface area (Å²) in [6, 6.07) is 48.3. The fourth-order valence-corrected chi connectivity index (χ4v) is 11.7. The second-order valence-electron chi connectivity index (χ2n) is 16.1. The van der Waals surface area contributed by atoms with Gasteiger partial charge in [-0.15, -0.1) is 0 Å². The van der Waals surface area contributed by atoms with E-state index in [9.17, 15) is 36.6 Å². The molecule has 2 aliphatic carbocycles. The molecule has 0 radical (unpaired) electrons. The average molecular weight is 903 g/mol. The van der Waals surface area contributed by atoms with Crippen molar-refractivity contribution in [2.75, 3.05) is 11.5 Å². The van der Waals surface area contributed by atoms with E-state index in [0.29, 0.717) is 24.0 Å². The summed E-state index contributed by atoms with van der Waals surface area (Å²) in [4.78, 5) is 25.1. The zero-order valence-electron chi connectivity index (χ0n) is 35.0. The zero-order valence-corrected chi connectivity index (χ0v) is 36.6. The maximum Gasteiger partial charge on any atom is 0.407 e. The van der Waals surface area contributed by atoms with E-state index >= 15 is 0 Å². The van der Waals surface area contributed by atoms with E-state index in [0.717, 1.165) is 22.3 Å². The summed E-state index contributed by atoms with van der Waals surface area (Å²) in [5.41, 5.74) is 1.22. The molecule has 0 heterocycles. The number of carbonyl (C=O) groups excluding carboxylic acids is 2. The molecule has 0 unspecified atom stereocenters. The molecule has 8 rings (SSSR count). The number of sulfone groups is 2. The molecule has 0 aromatic heterocycles. The number of rotatable bonds is 12. The van der Waals surface area contributed by atoms with Crippen LogP contribution in [0.3, 0.4) is 0 Å². The van der Waals surface area contributed by atoms with Crippen LogP contribution in [-0.4, -0.2) is 62.8 Å². The van der Waals surface area contributed by atoms with Gasteiger partial charge >= 0.3 is 12.2 Å². The number of hydrogen-bond donors (Lipinski definition) is 4. The van der Waals surface area contributed by atoms with Crippen molar-refractivity contribution >= 4 is 31.9 Å². The molecule has 4 atom stereocenters. The number of alkyl carbamates (subject to hydrolysis) is 2. The van der Waals surface area contributed by atoms with E-state index in [4.69, 9.17) is 9.47 Å². The molecule has 2 aliphatic rings. The standard InChI is InChI=1S/2C25H25NO5S/c2*27-24(31-17-19-9-3-1-4-10-19)26-21-15-20-11-7-8-14-23(20)25(28,16-21)18-32(29,30)22-12-5-2-6-13-22/h2*1-14,21,28H,15-18H2,(H,26,27)/t21-,25+;21-,25-/m00/s1. The van der Waals surface area contributed by atoms with E-state index < -0.39 is 66.7 Å². The lowest BCUT2D eigenvalue weighted by molar-refractivity contribution is 0.0296. The SMILES string of the molecule is O=C(N[C@H]1Cc2ccccc2[C@@](O)(CS(=O)(=O)c2ccccc2)C1)OCc1ccccc1.O=C(N[C@H]1Cc2ccccc2[C@](O)(CS(=O)(=O)c2ccccc2)C1)OCc1ccccc1. The number of fused-ring (bicyclic) bond motifs is 2. The van der Waals surface area contributed by atoms with Crippen LogP contribution in [0.1, 0.15) is 46.2 Å². The molecule has 6 aromatic carbocycles. The van der Waals surface area contributed by atoms with Crippen molar-refractivity contribution in [3.63, 3.8) is 0 Å². The first-order chi connectivity index (χ1) is 30.7. The van der Waals surface area contributed by atoms with Gasteiger partial charge in [-0.05, 0) is 70.5 Å². The van der Waals surface area contributed by atoms with E-state index in [-0.39, 0.29) is 35.8 Å². The summed E-state index contributed by atoms with van der Waals surface area (Å²) in [5, 5.41) is 28.7. The predicted molar refractivity (Wildman–Crippen MR) is 241 cm³/mol. The number of carbonyl (C=O) groups is 2. The molecular formula is C50H50N2O10S2. The lowest BCUT2D eigenvalue weighted by atomic mass is 9.78. The second kappa shape index (κ2) is 20.0. The number of nitrogens with one attached hydrogen (secondary N) is 2. The van der Waals surface area contributed by atoms with Crippen LogP contribution < -0.4 is 10.6 Å². The second-order valence-corrected chi connectivity index (χ2v) is 20.1. The molecular weight excluding hydrogens is 853 g/mol. The zero-order chi connectivity index (χ0) is 45.2. The molecule has 0 spiro atoms. The van der Waals surface area contributed by atoms with E-state index in [1.54, 1.807) is 60.7 Å². The van der Waals surface area contributed by atoms with Gasteiger partial charge in [-0.25, -0.2) is 26.4 Å². The van der Waals surface area contributed by atoms with Crippen molar-refractivity contribution in [1.29, 1.82) is 0 Å². The van der Waals surface area contributed by atoms with Gasteiger partial charge in [0.2, 0.25) is 0 Å². The Balaban J connectivity index is 0.000000191. The highest BCUT2D eigenvalue weighted by Crippen LogP contribution is 2.39. The number of aliphatic hydroxyl groups is 2. The molecule has 4 N–H and O–H groups in total. The van der Waals surface area contributed by atoms with Crippen LogP contribution in [0.2, 0.25) is 0 Å². The largest absolute Gasteiger partial charge is 0.445 e. The van der Waals surface area contributed by atoms with E-state index in [1.807, 2.05) is 84.9 Å². The molecule has 14 heteroatoms. The van der Waals surface area contributed by atoms with Crippen molar-refractivity contribution in [3.8, 4) is 0 Å². The van der Waals surface area contributed by atoms with Crippen molar-refractivity contribution in [2.24, 2.45) is 0 Å². The molecule has 12 nitrogen and oxygen atoms in total. The molecule has 0 aliphatic heterocycles. The number of amides is 2. The van der Waals surface area contributed by atoms with Crippen LogP contribution in [0.5, 0.6) is 0 Å². The third-order valence-electron chi connectivity index (χ3n) is 11.3. The molecule has 0 saturated carbocycles. The maximum atomic E-state index is 13.0. The fraction of sp³-hybridized carbons (Fsp3) is 0.240. The van der Waals surface area contributed by atoms with Crippen molar-refractivity contribution in [3.05, 3.63) is 203 Å². The summed E-state index contributed by atoms with van der Waals surface area (Å²) in [5.74, 6) is -0.948. The van der Waals surface area contributed by atoms with Crippen LogP contribution in [0.25, 0.3) is 0 Å². The summed E-state index contributed by atoms with van der Waals surface area (Å²) < 4.78 is 62.7. The Bertz CT molecular complexity index is 2550. The Hall–Kier alpha value is -6.32. The minimum atomic E-state index is -3.75. The van der Waals surface area contributed by atoms with Crippen LogP contribution >= 0.6 is 0 Å². The Labute approximate surface area is 373 Å². The molecule has 332 valence electrons. The molecule has 0 fully saturated rings. The van der Waals surface area contributed by atoms with Gasteiger partial charge in [0.05, 0.1) is 21.3 Å². The molecule has 6 aromatic rings. The molecule has 0 bridgehead atoms. The smallest absolute Gasteiger partial charge is 0.407 e. The van der Waals surface area contributed by atoms with Gasteiger partial charge in [0, 0.05) is 24.9 Å². The van der Waals surface area contributed by atoms with Crippen LogP contribution in [0, 0.1) is 0 Å². The van der Waals surface area contributed by atoms with Crippen molar-refractivity contribution < 1.29 is 46.1 Å². The molecule has 2 amide bonds. The third kappa shape index (κ3) is 11.6. The Kier molecular flexibility index (Phi) is 14.3. The van der Waals surface area contributed by atoms with Crippen LogP contribution in [0.4, 0.5) is 9.59 Å². The van der Waals surface area contributed by atoms with Gasteiger partial charge < -0.3 is 30.3 Å². The number of hydrogen-bond acceptors (Lipinski definition) is 10. The first kappa shape index (κ1) is 45.7. The topological polar surface area (TPSA) is 185 Å². The Morgan fingerprint density at radius 1 is 0.484 bits per heavy atom. The van der Waals surface area contributed by atoms with Crippen LogP contribution in [0.15, 0.2) is 180 Å². The van der Waals surface area contributed by atoms with Crippen molar-refractivity contribution in [1.82, 2.24) is 10.6 Å². The fourth-order valence-electron chi connectivity index (χ4n) is 8.41. The highest BCUT2D eigenvalue weighted by molar-refractivity contribution is 7.91. The maximum absolute atomic E-state index is 13.0. The van der Waals surface area contributed by atoms with Gasteiger partial charge in [-0.3, -0.25) is 0 Å². The highest BCUT2D eigenvalue weighted by atomic mass is 32.2. The Morgan fingerprint density at radius 2 is 0.797 bits per heavy atom. The first-order valence-corrected chi connectivity index (χ1v) is 24.1. The quantitative estimate of drug-likeness (QED) is 0.0981. The normalized spacial score (nSPS) is 20.2. The van der Waals surface area contributed by atoms with Gasteiger partial charge in [0.25, 0.3) is 0 Å². The van der Waals surface area contributed by atoms with Gasteiger partial charge in [-0.1, -0.05) is 146 Å². The number of ether oxygens (including phenoxy) is 2. The Morgan fingerprint density at radius 3 is 1.16 bits per heavy atom. The predicted octanol–water partition coefficient (Wildman–Crippen LogP) is 7.18. The summed E-state index contributed by atoms with van der Waals surface area (Å²) >= 11 is 0. The minimum Gasteiger partial charge on any atom is -0.445 e. The third-order valence-corrected chi connectivity index (χ3v) is 15.0. The van der Waals surface area contributed by atoms with Crippen molar-refractivity contribution in [2.45, 2.75) is 72.0 Å². The lowest BCUT2D eigenvalue weighted by Gasteiger charge is -2.38. The molecule has 64 heavy (non-hydrogen) atoms. The average Bonchev–Trinajstić information content (AvgIpc) is 3.29. The van der Waals surface area contributed by atoms with E-state index in [2.05, 4.69) is 10.6 Å². The van der Waals surface area contributed by atoms with Gasteiger partial charge in [0.1, 0.15) is 24.4 Å². The monoisotopic (exact) mass is 902 g/mol. The summed E-state index contributed by atoms with van der Waals surface area (Å²) in [6.07, 6.45) is -0.125. The molecule has 0 saturated heterocycles. The summed E-state index contributed by atoms with van der Waals surface area (Å²) in [7, 11) is -7.51. The first-order valence-electron chi connectivity index (χ1n) is 20.8. The van der Waals surface area contributed by atoms with E-state index in [1.165, 1.54) is 24.3 Å². The van der Waals surface area contributed by atoms with Gasteiger partial charge in [0.15, 0.2) is 19.7 Å². The number of benzene rings is 6. The highest BCUT2D eigenvalue weighted by Gasteiger charge is 2.44. The lowest BCUT2D eigenvalue weighted by Crippen LogP contribution is -2.49. The summed E-state index contributed by atoms with van der Waals surface area (Å²) in [6.45, 7) is 0.255. The van der Waals surface area contributed by atoms with Crippen LogP contribution in [-0.2, 0) is 66.4 Å². The minimum absolute atomic E-state index is 0.0660. The van der Waals surface area contributed by atoms with Gasteiger partial charge in [-0.2, -0.15) is 0 Å².